The molecule has 3 heteroatoms. The van der Waals surface area contributed by atoms with Gasteiger partial charge in [-0.25, -0.2) is 0 Å². The summed E-state index contributed by atoms with van der Waals surface area (Å²) in [5, 5.41) is 3.57. The molecule has 0 aromatic carbocycles. The molecular weight excluding hydrogens is 204 g/mol. The van der Waals surface area contributed by atoms with Gasteiger partial charge in [-0.15, -0.1) is 0 Å². The topological polar surface area (TPSA) is 15.3 Å². The van der Waals surface area contributed by atoms with Gasteiger partial charge in [0.1, 0.15) is 0 Å². The first-order chi connectivity index (χ1) is 6.68. The van der Waals surface area contributed by atoms with E-state index >= 15 is 0 Å². The Balaban J connectivity index is 2.37. The van der Waals surface area contributed by atoms with Crippen LogP contribution in [0.3, 0.4) is 0 Å². The van der Waals surface area contributed by atoms with Gasteiger partial charge in [0.2, 0.25) is 0 Å². The fourth-order valence-electron chi connectivity index (χ4n) is 2.19. The van der Waals surface area contributed by atoms with Gasteiger partial charge in [-0.3, -0.25) is 4.90 Å². The number of thiol groups is 1. The van der Waals surface area contributed by atoms with Gasteiger partial charge >= 0.3 is 0 Å². The summed E-state index contributed by atoms with van der Waals surface area (Å²) in [7, 11) is 0. The predicted octanol–water partition coefficient (Wildman–Crippen LogP) is 2.50. The Bertz CT molecular complexity index is 195. The molecule has 0 spiro atoms. The molecule has 0 aromatic heterocycles. The third-order valence-corrected chi connectivity index (χ3v) is 3.13. The van der Waals surface area contributed by atoms with Crippen LogP contribution in [-0.4, -0.2) is 34.4 Å². The number of likely N-dealkylation sites (tertiary alicyclic amines) is 1. The van der Waals surface area contributed by atoms with E-state index in [9.17, 15) is 0 Å². The molecule has 0 unspecified atom stereocenters. The molecule has 0 amide bonds. The Hall–Kier alpha value is 0.270. The van der Waals surface area contributed by atoms with Crippen LogP contribution >= 0.6 is 12.6 Å². The number of nitrogens with one attached hydrogen (secondary N) is 1. The SMILES string of the molecule is CC(C)(S)NC1CCN(C(C)(C)C)CC1. The molecule has 1 saturated heterocycles. The van der Waals surface area contributed by atoms with Gasteiger partial charge < -0.3 is 5.32 Å². The van der Waals surface area contributed by atoms with Crippen LogP contribution in [-0.2, 0) is 0 Å². The number of hydrogen-bond donors (Lipinski definition) is 2. The molecule has 0 aromatic rings. The highest BCUT2D eigenvalue weighted by Gasteiger charge is 2.28. The summed E-state index contributed by atoms with van der Waals surface area (Å²) in [5.74, 6) is 0. The van der Waals surface area contributed by atoms with Crippen molar-refractivity contribution in [3.63, 3.8) is 0 Å². The monoisotopic (exact) mass is 230 g/mol. The normalized spacial score (nSPS) is 22.0. The average molecular weight is 230 g/mol. The minimum atomic E-state index is -0.0471. The second-order valence-corrected chi connectivity index (χ2v) is 7.25. The van der Waals surface area contributed by atoms with Gasteiger partial charge in [-0.1, -0.05) is 0 Å². The van der Waals surface area contributed by atoms with Crippen LogP contribution in [0.2, 0.25) is 0 Å². The predicted molar refractivity (Wildman–Crippen MR) is 70.5 cm³/mol. The lowest BCUT2D eigenvalue weighted by Gasteiger charge is -2.42. The van der Waals surface area contributed by atoms with E-state index in [2.05, 4.69) is 57.5 Å². The maximum Gasteiger partial charge on any atom is 0.0560 e. The maximum absolute atomic E-state index is 4.52. The van der Waals surface area contributed by atoms with Crippen molar-refractivity contribution in [1.29, 1.82) is 0 Å². The molecule has 2 nitrogen and oxygen atoms in total. The van der Waals surface area contributed by atoms with Crippen molar-refractivity contribution in [3.8, 4) is 0 Å². The van der Waals surface area contributed by atoms with E-state index in [0.29, 0.717) is 11.6 Å². The van der Waals surface area contributed by atoms with Crippen LogP contribution < -0.4 is 5.32 Å². The first-order valence-electron chi connectivity index (χ1n) is 5.93. The number of piperidine rings is 1. The molecule has 0 saturated carbocycles. The molecule has 1 heterocycles. The Morgan fingerprint density at radius 1 is 1.07 bits per heavy atom. The van der Waals surface area contributed by atoms with Gasteiger partial charge in [0.15, 0.2) is 0 Å². The van der Waals surface area contributed by atoms with Crippen LogP contribution in [0.25, 0.3) is 0 Å². The Morgan fingerprint density at radius 2 is 1.53 bits per heavy atom. The van der Waals surface area contributed by atoms with Crippen molar-refractivity contribution in [2.75, 3.05) is 13.1 Å². The highest BCUT2D eigenvalue weighted by Crippen LogP contribution is 2.21. The molecule has 90 valence electrons. The molecule has 1 aliphatic rings. The number of hydrogen-bond acceptors (Lipinski definition) is 3. The summed E-state index contributed by atoms with van der Waals surface area (Å²) in [6, 6.07) is 0.635. The quantitative estimate of drug-likeness (QED) is 0.560. The van der Waals surface area contributed by atoms with E-state index in [0.717, 1.165) is 0 Å². The molecule has 0 bridgehead atoms. The first kappa shape index (κ1) is 13.3. The van der Waals surface area contributed by atoms with Crippen molar-refractivity contribution in [3.05, 3.63) is 0 Å². The zero-order valence-electron chi connectivity index (χ0n) is 10.8. The van der Waals surface area contributed by atoms with Gasteiger partial charge in [0.05, 0.1) is 4.87 Å². The molecule has 0 aliphatic carbocycles. The van der Waals surface area contributed by atoms with Gasteiger partial charge in [0.25, 0.3) is 0 Å². The molecule has 1 fully saturated rings. The van der Waals surface area contributed by atoms with Crippen molar-refractivity contribution in [2.24, 2.45) is 0 Å². The summed E-state index contributed by atoms with van der Waals surface area (Å²) in [4.78, 5) is 2.52. The second-order valence-electron chi connectivity index (χ2n) is 6.14. The van der Waals surface area contributed by atoms with Crippen molar-refractivity contribution >= 4 is 12.6 Å². The van der Waals surface area contributed by atoms with Crippen LogP contribution in [0.1, 0.15) is 47.5 Å². The second kappa shape index (κ2) is 4.64. The van der Waals surface area contributed by atoms with Crippen molar-refractivity contribution < 1.29 is 0 Å². The molecule has 1 aliphatic heterocycles. The molecule has 1 N–H and O–H groups in total. The fraction of sp³-hybridized carbons (Fsp3) is 1.00. The van der Waals surface area contributed by atoms with E-state index < -0.39 is 0 Å². The third-order valence-electron chi connectivity index (χ3n) is 3.00. The third kappa shape index (κ3) is 4.75. The minimum Gasteiger partial charge on any atom is -0.301 e. The molecular formula is C12H26N2S. The highest BCUT2D eigenvalue weighted by atomic mass is 32.1. The lowest BCUT2D eigenvalue weighted by molar-refractivity contribution is 0.0938. The Kier molecular flexibility index (Phi) is 4.13. The van der Waals surface area contributed by atoms with Gasteiger partial charge in [-0.05, 0) is 47.5 Å². The van der Waals surface area contributed by atoms with Crippen LogP contribution in [0.15, 0.2) is 0 Å². The summed E-state index contributed by atoms with van der Waals surface area (Å²) >= 11 is 4.52. The summed E-state index contributed by atoms with van der Waals surface area (Å²) < 4.78 is 0. The van der Waals surface area contributed by atoms with Gasteiger partial charge in [-0.2, -0.15) is 12.6 Å². The van der Waals surface area contributed by atoms with E-state index in [1.807, 2.05) is 0 Å². The molecule has 15 heavy (non-hydrogen) atoms. The minimum absolute atomic E-state index is 0.0471. The van der Waals surface area contributed by atoms with Crippen LogP contribution in [0.4, 0.5) is 0 Å². The van der Waals surface area contributed by atoms with Crippen LogP contribution in [0, 0.1) is 0 Å². The van der Waals surface area contributed by atoms with E-state index in [1.165, 1.54) is 25.9 Å². The zero-order chi connectivity index (χ0) is 11.7. The van der Waals surface area contributed by atoms with Crippen LogP contribution in [0.5, 0.6) is 0 Å². The lowest BCUT2D eigenvalue weighted by Crippen LogP contribution is -2.52. The lowest BCUT2D eigenvalue weighted by atomic mass is 9.97. The van der Waals surface area contributed by atoms with Crippen molar-refractivity contribution in [1.82, 2.24) is 10.2 Å². The fourth-order valence-corrected chi connectivity index (χ4v) is 2.38. The molecule has 0 atom stereocenters. The molecule has 0 radical (unpaired) electrons. The smallest absolute Gasteiger partial charge is 0.0560 e. The number of rotatable bonds is 2. The standard InChI is InChI=1S/C12H26N2S/c1-11(2,3)14-8-6-10(7-9-14)13-12(4,5)15/h10,13,15H,6-9H2,1-5H3. The van der Waals surface area contributed by atoms with Crippen molar-refractivity contribution in [2.45, 2.75) is 63.9 Å². The average Bonchev–Trinajstić information content (AvgIpc) is 2.00. The highest BCUT2D eigenvalue weighted by molar-refractivity contribution is 7.81. The van der Waals surface area contributed by atoms with E-state index in [4.69, 9.17) is 0 Å². The van der Waals surface area contributed by atoms with Gasteiger partial charge in [0, 0.05) is 24.7 Å². The Morgan fingerprint density at radius 3 is 1.87 bits per heavy atom. The zero-order valence-corrected chi connectivity index (χ0v) is 11.7. The Labute approximate surface area is 100 Å². The number of nitrogens with zero attached hydrogens (tertiary/aromatic N) is 1. The summed E-state index contributed by atoms with van der Waals surface area (Å²) in [6.45, 7) is 13.5. The van der Waals surface area contributed by atoms with E-state index in [-0.39, 0.29) is 4.87 Å². The summed E-state index contributed by atoms with van der Waals surface area (Å²) in [5.41, 5.74) is 0.321. The van der Waals surface area contributed by atoms with E-state index in [1.54, 1.807) is 0 Å². The largest absolute Gasteiger partial charge is 0.301 e. The maximum atomic E-state index is 4.52. The summed E-state index contributed by atoms with van der Waals surface area (Å²) in [6.07, 6.45) is 2.47. The first-order valence-corrected chi connectivity index (χ1v) is 6.38. The molecule has 1 rings (SSSR count).